The number of amides is 2. The first-order chi connectivity index (χ1) is 8.52. The van der Waals surface area contributed by atoms with Crippen LogP contribution in [0.15, 0.2) is 24.3 Å². The predicted molar refractivity (Wildman–Crippen MR) is 61.9 cm³/mol. The van der Waals surface area contributed by atoms with E-state index in [1.165, 1.54) is 25.3 Å². The largest absolute Gasteiger partial charge is 0.479 e. The summed E-state index contributed by atoms with van der Waals surface area (Å²) in [6.45, 7) is -0.188. The van der Waals surface area contributed by atoms with Gasteiger partial charge in [0.1, 0.15) is 5.82 Å². The highest BCUT2D eigenvalue weighted by Gasteiger charge is 2.16. The van der Waals surface area contributed by atoms with Gasteiger partial charge in [0, 0.05) is 12.8 Å². The molecule has 1 unspecified atom stereocenters. The molecule has 7 heteroatoms. The summed E-state index contributed by atoms with van der Waals surface area (Å²) < 4.78 is 17.5. The van der Waals surface area contributed by atoms with Crippen molar-refractivity contribution in [1.82, 2.24) is 5.32 Å². The summed E-state index contributed by atoms with van der Waals surface area (Å²) in [6, 6.07) is 4.70. The second-order valence-corrected chi connectivity index (χ2v) is 3.41. The number of carboxylic acid groups (broad SMARTS) is 1. The van der Waals surface area contributed by atoms with E-state index in [0.29, 0.717) is 0 Å². The fourth-order valence-corrected chi connectivity index (χ4v) is 1.20. The molecule has 1 rings (SSSR count). The predicted octanol–water partition coefficient (Wildman–Crippen LogP) is 1.05. The third-order valence-electron chi connectivity index (χ3n) is 2.09. The van der Waals surface area contributed by atoms with Gasteiger partial charge in [0.05, 0.1) is 6.54 Å². The highest BCUT2D eigenvalue weighted by atomic mass is 19.1. The Kier molecular flexibility index (Phi) is 5.06. The van der Waals surface area contributed by atoms with Crippen LogP contribution in [0.5, 0.6) is 0 Å². The number of urea groups is 1. The fraction of sp³-hybridized carbons (Fsp3) is 0.273. The number of hydrogen-bond acceptors (Lipinski definition) is 3. The number of methoxy groups -OCH3 is 1. The Morgan fingerprint density at radius 1 is 1.50 bits per heavy atom. The zero-order chi connectivity index (χ0) is 13.5. The summed E-state index contributed by atoms with van der Waals surface area (Å²) in [6.07, 6.45) is -1.12. The Balaban J connectivity index is 2.45. The van der Waals surface area contributed by atoms with Crippen molar-refractivity contribution >= 4 is 17.7 Å². The quantitative estimate of drug-likeness (QED) is 0.734. The Labute approximate surface area is 103 Å². The molecule has 98 valence electrons. The minimum absolute atomic E-state index is 0.188. The van der Waals surface area contributed by atoms with E-state index in [1.807, 2.05) is 0 Å². The first kappa shape index (κ1) is 13.9. The normalized spacial score (nSPS) is 11.7. The monoisotopic (exact) mass is 256 g/mol. The van der Waals surface area contributed by atoms with Crippen LogP contribution in [0.1, 0.15) is 0 Å². The fourth-order valence-electron chi connectivity index (χ4n) is 1.20. The molecule has 0 aliphatic rings. The zero-order valence-electron chi connectivity index (χ0n) is 9.64. The van der Waals surface area contributed by atoms with Crippen LogP contribution in [0.4, 0.5) is 14.9 Å². The number of anilines is 1. The summed E-state index contributed by atoms with van der Waals surface area (Å²) >= 11 is 0. The van der Waals surface area contributed by atoms with E-state index < -0.39 is 23.9 Å². The Hall–Kier alpha value is -2.15. The van der Waals surface area contributed by atoms with E-state index in [4.69, 9.17) is 5.11 Å². The molecule has 1 aromatic carbocycles. The Morgan fingerprint density at radius 3 is 2.78 bits per heavy atom. The van der Waals surface area contributed by atoms with Gasteiger partial charge in [-0.2, -0.15) is 0 Å². The average molecular weight is 256 g/mol. The lowest BCUT2D eigenvalue weighted by atomic mass is 10.3. The van der Waals surface area contributed by atoms with Gasteiger partial charge in [-0.1, -0.05) is 6.07 Å². The van der Waals surface area contributed by atoms with Gasteiger partial charge in [0.15, 0.2) is 6.10 Å². The molecule has 0 aliphatic carbocycles. The van der Waals surface area contributed by atoms with Gasteiger partial charge < -0.3 is 20.5 Å². The van der Waals surface area contributed by atoms with Gasteiger partial charge in [0.25, 0.3) is 0 Å². The first-order valence-corrected chi connectivity index (χ1v) is 5.09. The molecule has 0 aliphatic heterocycles. The van der Waals surface area contributed by atoms with Crippen molar-refractivity contribution in [3.05, 3.63) is 30.1 Å². The molecule has 0 heterocycles. The topological polar surface area (TPSA) is 87.7 Å². The summed E-state index contributed by atoms with van der Waals surface area (Å²) in [4.78, 5) is 22.0. The lowest BCUT2D eigenvalue weighted by Crippen LogP contribution is -2.39. The molecule has 1 atom stereocenters. The number of nitrogens with one attached hydrogen (secondary N) is 2. The van der Waals surface area contributed by atoms with Gasteiger partial charge in [0.2, 0.25) is 0 Å². The standard InChI is InChI=1S/C11H13FN2O4/c1-18-9(10(15)16)6-13-11(17)14-8-4-2-3-7(12)5-8/h2-5,9H,6H2,1H3,(H,15,16)(H2,13,14,17). The molecule has 18 heavy (non-hydrogen) atoms. The number of benzene rings is 1. The second-order valence-electron chi connectivity index (χ2n) is 3.41. The molecule has 6 nitrogen and oxygen atoms in total. The summed E-state index contributed by atoms with van der Waals surface area (Å²) in [5.41, 5.74) is 0.275. The number of carbonyl (C=O) groups is 2. The molecule has 0 bridgehead atoms. The van der Waals surface area contributed by atoms with Gasteiger partial charge in [-0.15, -0.1) is 0 Å². The molecular weight excluding hydrogens is 243 g/mol. The molecule has 0 saturated carbocycles. The first-order valence-electron chi connectivity index (χ1n) is 5.09. The molecule has 0 fully saturated rings. The Bertz CT molecular complexity index is 439. The molecule has 0 aromatic heterocycles. The summed E-state index contributed by atoms with van der Waals surface area (Å²) in [5, 5.41) is 13.3. The maximum atomic E-state index is 12.8. The summed E-state index contributed by atoms with van der Waals surface area (Å²) in [7, 11) is 1.23. The van der Waals surface area contributed by atoms with E-state index in [0.717, 1.165) is 6.07 Å². The van der Waals surface area contributed by atoms with Gasteiger partial charge >= 0.3 is 12.0 Å². The third-order valence-corrected chi connectivity index (χ3v) is 2.09. The van der Waals surface area contributed by atoms with Gasteiger partial charge in [-0.25, -0.2) is 14.0 Å². The number of rotatable bonds is 5. The van der Waals surface area contributed by atoms with E-state index in [1.54, 1.807) is 0 Å². The molecule has 0 radical (unpaired) electrons. The van der Waals surface area contributed by atoms with Gasteiger partial charge in [-0.3, -0.25) is 0 Å². The summed E-state index contributed by atoms with van der Waals surface area (Å²) in [5.74, 6) is -1.66. The molecule has 3 N–H and O–H groups in total. The SMILES string of the molecule is COC(CNC(=O)Nc1cccc(F)c1)C(=O)O. The van der Waals surface area contributed by atoms with Crippen molar-refractivity contribution in [3.8, 4) is 0 Å². The van der Waals surface area contributed by atoms with Crippen LogP contribution in [0.25, 0.3) is 0 Å². The number of aliphatic carboxylic acids is 1. The molecule has 2 amide bonds. The minimum Gasteiger partial charge on any atom is -0.479 e. The van der Waals surface area contributed by atoms with Crippen LogP contribution in [0, 0.1) is 5.82 Å². The minimum atomic E-state index is -1.18. The van der Waals surface area contributed by atoms with Crippen molar-refractivity contribution in [1.29, 1.82) is 0 Å². The molecule has 0 spiro atoms. The zero-order valence-corrected chi connectivity index (χ0v) is 9.64. The number of carbonyl (C=O) groups excluding carboxylic acids is 1. The highest BCUT2D eigenvalue weighted by molar-refractivity contribution is 5.89. The van der Waals surface area contributed by atoms with Crippen LogP contribution < -0.4 is 10.6 Å². The average Bonchev–Trinajstić information content (AvgIpc) is 2.29. The van der Waals surface area contributed by atoms with Crippen LogP contribution in [-0.4, -0.2) is 36.9 Å². The van der Waals surface area contributed by atoms with E-state index >= 15 is 0 Å². The van der Waals surface area contributed by atoms with Gasteiger partial charge in [-0.05, 0) is 18.2 Å². The third kappa shape index (κ3) is 4.38. The molecular formula is C11H13FN2O4. The van der Waals surface area contributed by atoms with E-state index in [-0.39, 0.29) is 12.2 Å². The number of carboxylic acids is 1. The lowest BCUT2D eigenvalue weighted by molar-refractivity contribution is -0.147. The van der Waals surface area contributed by atoms with E-state index in [9.17, 15) is 14.0 Å². The number of hydrogen-bond donors (Lipinski definition) is 3. The number of ether oxygens (including phenoxy) is 1. The van der Waals surface area contributed by atoms with Crippen molar-refractivity contribution in [2.45, 2.75) is 6.10 Å². The molecule has 1 aromatic rings. The maximum absolute atomic E-state index is 12.8. The van der Waals surface area contributed by atoms with Crippen LogP contribution in [0.3, 0.4) is 0 Å². The smallest absolute Gasteiger partial charge is 0.334 e. The number of halogens is 1. The van der Waals surface area contributed by atoms with Crippen molar-refractivity contribution in [2.24, 2.45) is 0 Å². The van der Waals surface area contributed by atoms with Crippen LogP contribution >= 0.6 is 0 Å². The van der Waals surface area contributed by atoms with Crippen LogP contribution in [-0.2, 0) is 9.53 Å². The van der Waals surface area contributed by atoms with Crippen molar-refractivity contribution in [3.63, 3.8) is 0 Å². The van der Waals surface area contributed by atoms with Crippen molar-refractivity contribution in [2.75, 3.05) is 19.0 Å². The van der Waals surface area contributed by atoms with Crippen molar-refractivity contribution < 1.29 is 23.8 Å². The second kappa shape index (κ2) is 6.55. The van der Waals surface area contributed by atoms with E-state index in [2.05, 4.69) is 15.4 Å². The highest BCUT2D eigenvalue weighted by Crippen LogP contribution is 2.08. The Morgan fingerprint density at radius 2 is 2.22 bits per heavy atom. The van der Waals surface area contributed by atoms with Crippen LogP contribution in [0.2, 0.25) is 0 Å². The lowest BCUT2D eigenvalue weighted by Gasteiger charge is -2.12. The molecule has 0 saturated heterocycles. The maximum Gasteiger partial charge on any atom is 0.334 e.